The van der Waals surface area contributed by atoms with Crippen molar-refractivity contribution in [1.82, 2.24) is 5.32 Å². The summed E-state index contributed by atoms with van der Waals surface area (Å²) in [7, 11) is -3.44. The predicted molar refractivity (Wildman–Crippen MR) is 73.5 cm³/mol. The first kappa shape index (κ1) is 16.2. The lowest BCUT2D eigenvalue weighted by molar-refractivity contribution is -0.139. The van der Waals surface area contributed by atoms with Crippen LogP contribution in [-0.4, -0.2) is 37.7 Å². The van der Waals surface area contributed by atoms with Crippen LogP contribution in [0.3, 0.4) is 0 Å². The molecule has 1 aromatic rings. The van der Waals surface area contributed by atoms with E-state index in [0.717, 1.165) is 6.26 Å². The number of hydrogen-bond acceptors (Lipinski definition) is 4. The first-order valence-electron chi connectivity index (χ1n) is 6.01. The van der Waals surface area contributed by atoms with Crippen LogP contribution in [0.2, 0.25) is 0 Å². The summed E-state index contributed by atoms with van der Waals surface area (Å²) in [4.78, 5) is 22.9. The van der Waals surface area contributed by atoms with E-state index in [0.29, 0.717) is 5.56 Å². The van der Waals surface area contributed by atoms with Crippen LogP contribution in [0.25, 0.3) is 0 Å². The van der Waals surface area contributed by atoms with Gasteiger partial charge in [0.15, 0.2) is 9.84 Å². The van der Waals surface area contributed by atoms with E-state index in [2.05, 4.69) is 5.32 Å². The Labute approximate surface area is 117 Å². The Morgan fingerprint density at radius 3 is 2.40 bits per heavy atom. The van der Waals surface area contributed by atoms with Gasteiger partial charge in [-0.25, -0.2) is 13.2 Å². The number of rotatable bonds is 5. The van der Waals surface area contributed by atoms with Crippen LogP contribution in [0.4, 0.5) is 0 Å². The molecule has 7 heteroatoms. The highest BCUT2D eigenvalue weighted by Crippen LogP contribution is 2.17. The summed E-state index contributed by atoms with van der Waals surface area (Å²) in [6.07, 6.45) is 1.30. The molecule has 6 nitrogen and oxygen atoms in total. The second-order valence-electron chi connectivity index (χ2n) is 4.52. The number of carbonyl (C=O) groups is 2. The Morgan fingerprint density at radius 1 is 1.35 bits per heavy atom. The van der Waals surface area contributed by atoms with Crippen molar-refractivity contribution in [3.05, 3.63) is 29.3 Å². The number of nitrogens with one attached hydrogen (secondary N) is 1. The SMILES string of the molecule is CCC(NC(=O)c1ccc(C)c(S(C)(=O)=O)c1)C(=O)O. The Bertz CT molecular complexity index is 636. The molecule has 1 aromatic carbocycles. The van der Waals surface area contributed by atoms with Crippen LogP contribution in [0.5, 0.6) is 0 Å². The molecule has 110 valence electrons. The second-order valence-corrected chi connectivity index (χ2v) is 6.51. The van der Waals surface area contributed by atoms with Crippen LogP contribution < -0.4 is 5.32 Å². The maximum Gasteiger partial charge on any atom is 0.326 e. The van der Waals surface area contributed by atoms with Crippen LogP contribution in [0.15, 0.2) is 23.1 Å². The maximum atomic E-state index is 11.9. The number of carboxylic acid groups (broad SMARTS) is 1. The Morgan fingerprint density at radius 2 is 1.95 bits per heavy atom. The molecule has 0 spiro atoms. The third-order valence-corrected chi connectivity index (χ3v) is 4.10. The predicted octanol–water partition coefficient (Wildman–Crippen LogP) is 0.992. The highest BCUT2D eigenvalue weighted by atomic mass is 32.2. The zero-order valence-electron chi connectivity index (χ0n) is 11.5. The standard InChI is InChI=1S/C13H17NO5S/c1-4-10(13(16)17)14-12(15)9-6-5-8(2)11(7-9)20(3,18)19/h5-7,10H,4H2,1-3H3,(H,14,15)(H,16,17). The van der Waals surface area contributed by atoms with Gasteiger partial charge < -0.3 is 10.4 Å². The number of aryl methyl sites for hydroxylation is 1. The van der Waals surface area contributed by atoms with Gasteiger partial charge in [0, 0.05) is 11.8 Å². The largest absolute Gasteiger partial charge is 0.480 e. The van der Waals surface area contributed by atoms with Gasteiger partial charge in [0.05, 0.1) is 4.90 Å². The molecular formula is C13H17NO5S. The van der Waals surface area contributed by atoms with Crippen LogP contribution in [0, 0.1) is 6.92 Å². The summed E-state index contributed by atoms with van der Waals surface area (Å²) < 4.78 is 23.2. The summed E-state index contributed by atoms with van der Waals surface area (Å²) in [5.74, 6) is -1.74. The Balaban J connectivity index is 3.09. The molecule has 2 N–H and O–H groups in total. The molecule has 20 heavy (non-hydrogen) atoms. The quantitative estimate of drug-likeness (QED) is 0.844. The van der Waals surface area contributed by atoms with E-state index in [4.69, 9.17) is 5.11 Å². The van der Waals surface area contributed by atoms with Gasteiger partial charge in [-0.05, 0) is 31.0 Å². The number of carbonyl (C=O) groups excluding carboxylic acids is 1. The molecule has 1 amide bonds. The second kappa shape index (κ2) is 6.04. The Hall–Kier alpha value is -1.89. The zero-order chi connectivity index (χ0) is 15.5. The molecule has 0 aliphatic heterocycles. The third kappa shape index (κ3) is 3.80. The van der Waals surface area contributed by atoms with Crippen molar-refractivity contribution in [3.8, 4) is 0 Å². The zero-order valence-corrected chi connectivity index (χ0v) is 12.3. The number of aliphatic carboxylic acids is 1. The van der Waals surface area contributed by atoms with Crippen molar-refractivity contribution in [2.45, 2.75) is 31.2 Å². The average molecular weight is 299 g/mol. The van der Waals surface area contributed by atoms with Crippen LogP contribution >= 0.6 is 0 Å². The molecule has 0 saturated carbocycles. The van der Waals surface area contributed by atoms with Crippen molar-refractivity contribution in [3.63, 3.8) is 0 Å². The van der Waals surface area contributed by atoms with E-state index in [1.54, 1.807) is 13.8 Å². The summed E-state index contributed by atoms with van der Waals surface area (Å²) in [6, 6.07) is 3.25. The van der Waals surface area contributed by atoms with Crippen molar-refractivity contribution < 1.29 is 23.1 Å². The van der Waals surface area contributed by atoms with E-state index in [-0.39, 0.29) is 16.9 Å². The van der Waals surface area contributed by atoms with Gasteiger partial charge in [-0.15, -0.1) is 0 Å². The van der Waals surface area contributed by atoms with Crippen molar-refractivity contribution >= 4 is 21.7 Å². The normalized spacial score (nSPS) is 12.8. The summed E-state index contributed by atoms with van der Waals surface area (Å²) in [6.45, 7) is 3.26. The summed E-state index contributed by atoms with van der Waals surface area (Å²) >= 11 is 0. The first-order chi connectivity index (χ1) is 9.16. The van der Waals surface area contributed by atoms with Gasteiger partial charge in [0.1, 0.15) is 6.04 Å². The molecular weight excluding hydrogens is 282 g/mol. The average Bonchev–Trinajstić information content (AvgIpc) is 2.34. The van der Waals surface area contributed by atoms with Crippen LogP contribution in [-0.2, 0) is 14.6 Å². The van der Waals surface area contributed by atoms with Gasteiger partial charge in [0.2, 0.25) is 0 Å². The molecule has 0 bridgehead atoms. The topological polar surface area (TPSA) is 101 Å². The monoisotopic (exact) mass is 299 g/mol. The van der Waals surface area contributed by atoms with Gasteiger partial charge in [0.25, 0.3) is 5.91 Å². The number of amides is 1. The highest BCUT2D eigenvalue weighted by Gasteiger charge is 2.20. The van der Waals surface area contributed by atoms with Gasteiger partial charge in [-0.1, -0.05) is 13.0 Å². The first-order valence-corrected chi connectivity index (χ1v) is 7.90. The van der Waals surface area contributed by atoms with Gasteiger partial charge in [-0.2, -0.15) is 0 Å². The minimum Gasteiger partial charge on any atom is -0.480 e. The van der Waals surface area contributed by atoms with Crippen LogP contribution in [0.1, 0.15) is 29.3 Å². The number of benzene rings is 1. The molecule has 0 fully saturated rings. The molecule has 0 saturated heterocycles. The number of carboxylic acids is 1. The lowest BCUT2D eigenvalue weighted by atomic mass is 10.1. The Kier molecular flexibility index (Phi) is 4.88. The fraction of sp³-hybridized carbons (Fsp3) is 0.385. The summed E-state index contributed by atoms with van der Waals surface area (Å²) in [5, 5.41) is 11.2. The molecule has 0 heterocycles. The maximum absolute atomic E-state index is 11.9. The molecule has 1 rings (SSSR count). The van der Waals surface area contributed by atoms with Gasteiger partial charge in [-0.3, -0.25) is 4.79 Å². The van der Waals surface area contributed by atoms with Crippen molar-refractivity contribution in [2.24, 2.45) is 0 Å². The summed E-state index contributed by atoms with van der Waals surface area (Å²) in [5.41, 5.74) is 0.657. The smallest absolute Gasteiger partial charge is 0.326 e. The van der Waals surface area contributed by atoms with Gasteiger partial charge >= 0.3 is 5.97 Å². The van der Waals surface area contributed by atoms with E-state index >= 15 is 0 Å². The lowest BCUT2D eigenvalue weighted by Crippen LogP contribution is -2.40. The molecule has 1 unspecified atom stereocenters. The molecule has 0 aliphatic carbocycles. The third-order valence-electron chi connectivity index (χ3n) is 2.86. The van der Waals surface area contributed by atoms with Crippen molar-refractivity contribution in [2.75, 3.05) is 6.26 Å². The number of sulfone groups is 1. The fourth-order valence-electron chi connectivity index (χ4n) is 1.72. The molecule has 1 atom stereocenters. The van der Waals surface area contributed by atoms with E-state index in [9.17, 15) is 18.0 Å². The molecule has 0 radical (unpaired) electrons. The van der Waals surface area contributed by atoms with E-state index in [1.165, 1.54) is 18.2 Å². The minimum absolute atomic E-state index is 0.0634. The highest BCUT2D eigenvalue weighted by molar-refractivity contribution is 7.90. The number of hydrogen-bond donors (Lipinski definition) is 2. The minimum atomic E-state index is -3.44. The lowest BCUT2D eigenvalue weighted by Gasteiger charge is -2.13. The molecule has 0 aliphatic rings. The van der Waals surface area contributed by atoms with E-state index in [1.807, 2.05) is 0 Å². The van der Waals surface area contributed by atoms with E-state index < -0.39 is 27.8 Å². The molecule has 0 aromatic heterocycles. The van der Waals surface area contributed by atoms with Crippen molar-refractivity contribution in [1.29, 1.82) is 0 Å². The fourth-order valence-corrected chi connectivity index (χ4v) is 2.71.